The molecule has 2 saturated carbocycles. The third-order valence-electron chi connectivity index (χ3n) is 6.12. The Morgan fingerprint density at radius 3 is 1.39 bits per heavy atom. The van der Waals surface area contributed by atoms with Gasteiger partial charge in [-0.3, -0.25) is 4.90 Å². The minimum Gasteiger partial charge on any atom is -0.303 e. The van der Waals surface area contributed by atoms with Gasteiger partial charge in [0.15, 0.2) is 0 Å². The van der Waals surface area contributed by atoms with Gasteiger partial charge in [0.25, 0.3) is 0 Å². The maximum absolute atomic E-state index is 2.87. The van der Waals surface area contributed by atoms with Crippen molar-refractivity contribution in [1.29, 1.82) is 0 Å². The van der Waals surface area contributed by atoms with Crippen LogP contribution >= 0.6 is 0 Å². The molecule has 2 nitrogen and oxygen atoms in total. The van der Waals surface area contributed by atoms with Gasteiger partial charge in [0, 0.05) is 24.2 Å². The predicted octanol–water partition coefficient (Wildman–Crippen LogP) is 3.27. The molecule has 0 aromatic heterocycles. The lowest BCUT2D eigenvalue weighted by atomic mass is 9.70. The molecule has 3 aliphatic rings. The van der Waals surface area contributed by atoms with E-state index in [2.05, 4.69) is 23.9 Å². The summed E-state index contributed by atoms with van der Waals surface area (Å²) < 4.78 is 0. The van der Waals surface area contributed by atoms with E-state index in [0.29, 0.717) is 11.1 Å². The predicted molar refractivity (Wildman–Crippen MR) is 76.9 cm³/mol. The lowest BCUT2D eigenvalue weighted by Crippen LogP contribution is -2.71. The zero-order valence-electron chi connectivity index (χ0n) is 12.4. The minimum absolute atomic E-state index is 0.516. The highest BCUT2D eigenvalue weighted by atomic mass is 15.3. The summed E-state index contributed by atoms with van der Waals surface area (Å²) in [6, 6.07) is 0. The Kier molecular flexibility index (Phi) is 3.44. The summed E-state index contributed by atoms with van der Waals surface area (Å²) in [5.74, 6) is 0. The Labute approximate surface area is 113 Å². The van der Waals surface area contributed by atoms with Crippen molar-refractivity contribution in [3.05, 3.63) is 0 Å². The fourth-order valence-corrected chi connectivity index (χ4v) is 5.18. The molecule has 0 aromatic rings. The molecule has 0 amide bonds. The highest BCUT2D eigenvalue weighted by Crippen LogP contribution is 2.45. The summed E-state index contributed by atoms with van der Waals surface area (Å²) in [5.41, 5.74) is 1.03. The van der Waals surface area contributed by atoms with Gasteiger partial charge in [0.1, 0.15) is 0 Å². The third kappa shape index (κ3) is 2.02. The molecule has 0 N–H and O–H groups in total. The topological polar surface area (TPSA) is 6.48 Å². The van der Waals surface area contributed by atoms with Crippen LogP contribution in [-0.4, -0.2) is 48.1 Å². The van der Waals surface area contributed by atoms with Crippen LogP contribution in [0.15, 0.2) is 0 Å². The van der Waals surface area contributed by atoms with E-state index in [4.69, 9.17) is 0 Å². The van der Waals surface area contributed by atoms with Gasteiger partial charge >= 0.3 is 0 Å². The molecule has 0 unspecified atom stereocenters. The molecule has 104 valence electrons. The second kappa shape index (κ2) is 4.79. The molecule has 3 fully saturated rings. The molecule has 0 bridgehead atoms. The largest absolute Gasteiger partial charge is 0.303 e. The van der Waals surface area contributed by atoms with Crippen molar-refractivity contribution in [2.45, 2.75) is 75.3 Å². The molecule has 1 heterocycles. The van der Waals surface area contributed by atoms with E-state index in [0.717, 1.165) is 0 Å². The number of nitrogens with zero attached hydrogens (tertiary/aromatic N) is 2. The fraction of sp³-hybridized carbons (Fsp3) is 1.00. The molecule has 0 aromatic carbocycles. The van der Waals surface area contributed by atoms with Gasteiger partial charge in [-0.05, 0) is 39.8 Å². The van der Waals surface area contributed by atoms with Gasteiger partial charge in [0.2, 0.25) is 0 Å². The molecule has 2 heteroatoms. The van der Waals surface area contributed by atoms with Crippen LogP contribution in [0.2, 0.25) is 0 Å². The van der Waals surface area contributed by atoms with Crippen LogP contribution < -0.4 is 0 Å². The second-order valence-electron chi connectivity index (χ2n) is 7.30. The molecule has 2 spiro atoms. The van der Waals surface area contributed by atoms with E-state index < -0.39 is 0 Å². The Bertz CT molecular complexity index is 259. The SMILES string of the molecule is CN1CC2(CCCCC2)N(C)C2(CCCCC2)C1. The van der Waals surface area contributed by atoms with Crippen LogP contribution in [0.1, 0.15) is 64.2 Å². The van der Waals surface area contributed by atoms with Gasteiger partial charge in [-0.2, -0.15) is 0 Å². The third-order valence-corrected chi connectivity index (χ3v) is 6.12. The van der Waals surface area contributed by atoms with Crippen molar-refractivity contribution in [1.82, 2.24) is 9.80 Å². The Morgan fingerprint density at radius 2 is 1.00 bits per heavy atom. The summed E-state index contributed by atoms with van der Waals surface area (Å²) in [6.07, 6.45) is 14.5. The second-order valence-corrected chi connectivity index (χ2v) is 7.30. The van der Waals surface area contributed by atoms with Gasteiger partial charge in [-0.25, -0.2) is 0 Å². The van der Waals surface area contributed by atoms with Crippen LogP contribution in [0, 0.1) is 0 Å². The Balaban J connectivity index is 1.86. The van der Waals surface area contributed by atoms with Crippen molar-refractivity contribution in [2.24, 2.45) is 0 Å². The van der Waals surface area contributed by atoms with Crippen LogP contribution in [0.3, 0.4) is 0 Å². The van der Waals surface area contributed by atoms with E-state index in [1.165, 1.54) is 77.3 Å². The fourth-order valence-electron chi connectivity index (χ4n) is 5.18. The molecule has 3 rings (SSSR count). The van der Waals surface area contributed by atoms with E-state index in [1.54, 1.807) is 0 Å². The van der Waals surface area contributed by atoms with Crippen molar-refractivity contribution >= 4 is 0 Å². The smallest absolute Gasteiger partial charge is 0.0339 e. The average Bonchev–Trinajstić information content (AvgIpc) is 2.38. The van der Waals surface area contributed by atoms with Crippen LogP contribution in [-0.2, 0) is 0 Å². The molecule has 1 saturated heterocycles. The zero-order chi connectivity index (χ0) is 12.6. The van der Waals surface area contributed by atoms with Crippen molar-refractivity contribution < 1.29 is 0 Å². The maximum Gasteiger partial charge on any atom is 0.0339 e. The van der Waals surface area contributed by atoms with Crippen LogP contribution in [0.5, 0.6) is 0 Å². The van der Waals surface area contributed by atoms with E-state index in [9.17, 15) is 0 Å². The van der Waals surface area contributed by atoms with Gasteiger partial charge in [0.05, 0.1) is 0 Å². The van der Waals surface area contributed by atoms with Crippen molar-refractivity contribution in [2.75, 3.05) is 27.2 Å². The summed E-state index contributed by atoms with van der Waals surface area (Å²) in [6.45, 7) is 2.62. The molecular weight excluding hydrogens is 220 g/mol. The minimum atomic E-state index is 0.516. The summed E-state index contributed by atoms with van der Waals surface area (Å²) >= 11 is 0. The molecule has 18 heavy (non-hydrogen) atoms. The number of piperazine rings is 1. The van der Waals surface area contributed by atoms with Crippen molar-refractivity contribution in [3.8, 4) is 0 Å². The monoisotopic (exact) mass is 250 g/mol. The molecular formula is C16H30N2. The standard InChI is InChI=1S/C16H30N2/c1-17-13-15(9-5-3-6-10-15)18(2)16(14-17)11-7-4-8-12-16/h3-14H2,1-2H3. The molecule has 0 radical (unpaired) electrons. The quantitative estimate of drug-likeness (QED) is 0.651. The maximum atomic E-state index is 2.87. The first-order valence-electron chi connectivity index (χ1n) is 8.10. The molecule has 1 aliphatic heterocycles. The Hall–Kier alpha value is -0.0800. The number of hydrogen-bond donors (Lipinski definition) is 0. The van der Waals surface area contributed by atoms with Crippen LogP contribution in [0.4, 0.5) is 0 Å². The highest BCUT2D eigenvalue weighted by molar-refractivity contribution is 5.08. The number of rotatable bonds is 0. The van der Waals surface area contributed by atoms with Gasteiger partial charge in [-0.15, -0.1) is 0 Å². The molecule has 2 aliphatic carbocycles. The molecule has 0 atom stereocenters. The van der Waals surface area contributed by atoms with Gasteiger partial charge < -0.3 is 4.90 Å². The van der Waals surface area contributed by atoms with Crippen molar-refractivity contribution in [3.63, 3.8) is 0 Å². The summed E-state index contributed by atoms with van der Waals surface area (Å²) in [5, 5.41) is 0. The number of hydrogen-bond acceptors (Lipinski definition) is 2. The first-order valence-corrected chi connectivity index (χ1v) is 8.10. The lowest BCUT2D eigenvalue weighted by Gasteiger charge is -2.61. The normalized spacial score (nSPS) is 33.0. The van der Waals surface area contributed by atoms with E-state index in [-0.39, 0.29) is 0 Å². The average molecular weight is 250 g/mol. The highest BCUT2D eigenvalue weighted by Gasteiger charge is 2.51. The zero-order valence-corrected chi connectivity index (χ0v) is 12.4. The van der Waals surface area contributed by atoms with E-state index in [1.807, 2.05) is 0 Å². The lowest BCUT2D eigenvalue weighted by molar-refractivity contribution is -0.107. The first kappa shape index (κ1) is 12.9. The first-order chi connectivity index (χ1) is 8.67. The summed E-state index contributed by atoms with van der Waals surface area (Å²) in [4.78, 5) is 5.52. The number of likely N-dealkylation sites (N-methyl/N-ethyl adjacent to an activating group) is 2. The van der Waals surface area contributed by atoms with E-state index >= 15 is 0 Å². The van der Waals surface area contributed by atoms with Crippen LogP contribution in [0.25, 0.3) is 0 Å². The van der Waals surface area contributed by atoms with Gasteiger partial charge in [-0.1, -0.05) is 38.5 Å². The summed E-state index contributed by atoms with van der Waals surface area (Å²) in [7, 11) is 4.82. The Morgan fingerprint density at radius 1 is 0.611 bits per heavy atom.